The van der Waals surface area contributed by atoms with Gasteiger partial charge in [0.1, 0.15) is 0 Å². The molecule has 19 heavy (non-hydrogen) atoms. The second kappa shape index (κ2) is 7.24. The van der Waals surface area contributed by atoms with Crippen molar-refractivity contribution in [1.82, 2.24) is 4.90 Å². The van der Waals surface area contributed by atoms with Crippen LogP contribution in [0.3, 0.4) is 0 Å². The van der Waals surface area contributed by atoms with Crippen molar-refractivity contribution in [2.45, 2.75) is 13.0 Å². The van der Waals surface area contributed by atoms with E-state index in [-0.39, 0.29) is 6.61 Å². The Hall–Kier alpha value is -0.620. The Morgan fingerprint density at radius 3 is 2.74 bits per heavy atom. The molecule has 0 saturated carbocycles. The number of rotatable bonds is 4. The van der Waals surface area contributed by atoms with E-state index in [1.54, 1.807) is 0 Å². The van der Waals surface area contributed by atoms with Crippen molar-refractivity contribution in [2.24, 2.45) is 5.73 Å². The molecule has 0 aliphatic carbocycles. The summed E-state index contributed by atoms with van der Waals surface area (Å²) >= 11 is 3.55. The minimum absolute atomic E-state index is 0.244. The average molecular weight is 328 g/mol. The molecule has 1 aromatic carbocycles. The summed E-state index contributed by atoms with van der Waals surface area (Å²) in [5.74, 6) is 0. The highest BCUT2D eigenvalue weighted by molar-refractivity contribution is 9.10. The van der Waals surface area contributed by atoms with Crippen LogP contribution in [-0.4, -0.2) is 49.3 Å². The summed E-state index contributed by atoms with van der Waals surface area (Å²) in [7, 11) is 0. The van der Waals surface area contributed by atoms with Crippen molar-refractivity contribution >= 4 is 21.6 Å². The van der Waals surface area contributed by atoms with E-state index in [2.05, 4.69) is 43.9 Å². The molecule has 0 unspecified atom stereocenters. The summed E-state index contributed by atoms with van der Waals surface area (Å²) < 4.78 is 1.09. The monoisotopic (exact) mass is 327 g/mol. The molecule has 1 aliphatic heterocycles. The van der Waals surface area contributed by atoms with Gasteiger partial charge in [0.05, 0.1) is 6.61 Å². The van der Waals surface area contributed by atoms with E-state index in [0.29, 0.717) is 6.54 Å². The van der Waals surface area contributed by atoms with Gasteiger partial charge >= 0.3 is 0 Å². The van der Waals surface area contributed by atoms with Crippen molar-refractivity contribution in [3.05, 3.63) is 28.2 Å². The molecule has 5 heteroatoms. The quantitative estimate of drug-likeness (QED) is 0.878. The number of hydrogen-bond donors (Lipinski definition) is 2. The summed E-state index contributed by atoms with van der Waals surface area (Å²) in [4.78, 5) is 4.73. The van der Waals surface area contributed by atoms with Crippen LogP contribution in [0, 0.1) is 0 Å². The Labute approximate surface area is 123 Å². The van der Waals surface area contributed by atoms with Crippen LogP contribution in [0.15, 0.2) is 22.7 Å². The number of halogens is 1. The maximum atomic E-state index is 9.02. The highest BCUT2D eigenvalue weighted by atomic mass is 79.9. The molecule has 4 nitrogen and oxygen atoms in total. The van der Waals surface area contributed by atoms with Crippen molar-refractivity contribution in [3.63, 3.8) is 0 Å². The number of nitrogens with zero attached hydrogens (tertiary/aromatic N) is 2. The molecular weight excluding hydrogens is 306 g/mol. The maximum Gasteiger partial charge on any atom is 0.0558 e. The van der Waals surface area contributed by atoms with E-state index in [9.17, 15) is 0 Å². The van der Waals surface area contributed by atoms with Crippen LogP contribution in [0.5, 0.6) is 0 Å². The summed E-state index contributed by atoms with van der Waals surface area (Å²) in [6.07, 6.45) is 1.13. The fourth-order valence-electron chi connectivity index (χ4n) is 2.53. The smallest absolute Gasteiger partial charge is 0.0558 e. The lowest BCUT2D eigenvalue weighted by molar-refractivity contribution is 0.204. The Balaban J connectivity index is 2.07. The van der Waals surface area contributed by atoms with Gasteiger partial charge in [0.15, 0.2) is 0 Å². The van der Waals surface area contributed by atoms with Crippen LogP contribution < -0.4 is 10.6 Å². The third-order valence-electron chi connectivity index (χ3n) is 3.55. The van der Waals surface area contributed by atoms with Gasteiger partial charge in [0.2, 0.25) is 0 Å². The van der Waals surface area contributed by atoms with Gasteiger partial charge in [-0.15, -0.1) is 0 Å². The van der Waals surface area contributed by atoms with Gasteiger partial charge in [-0.25, -0.2) is 0 Å². The minimum atomic E-state index is 0.244. The Morgan fingerprint density at radius 1 is 1.16 bits per heavy atom. The number of aliphatic hydroxyl groups excluding tert-OH is 1. The number of β-amino-alcohol motifs (C(OH)–C–C–N with tert-alkyl or cyclic N) is 1. The van der Waals surface area contributed by atoms with Crippen LogP contribution >= 0.6 is 15.9 Å². The molecule has 1 aliphatic rings. The molecule has 106 valence electrons. The third-order valence-corrected chi connectivity index (χ3v) is 4.01. The Bertz CT molecular complexity index is 414. The van der Waals surface area contributed by atoms with Crippen LogP contribution in [0.4, 0.5) is 5.69 Å². The fraction of sp³-hybridized carbons (Fsp3) is 0.571. The van der Waals surface area contributed by atoms with Crippen LogP contribution in [0.1, 0.15) is 12.0 Å². The number of nitrogens with two attached hydrogens (primary N) is 1. The van der Waals surface area contributed by atoms with Gasteiger partial charge < -0.3 is 15.7 Å². The van der Waals surface area contributed by atoms with Crippen molar-refractivity contribution < 1.29 is 5.11 Å². The lowest BCUT2D eigenvalue weighted by Crippen LogP contribution is -2.32. The molecule has 1 heterocycles. The molecule has 0 atom stereocenters. The van der Waals surface area contributed by atoms with Crippen LogP contribution in [0.25, 0.3) is 0 Å². The molecule has 1 aromatic rings. The van der Waals surface area contributed by atoms with Crippen molar-refractivity contribution in [2.75, 3.05) is 44.2 Å². The molecule has 0 radical (unpaired) electrons. The van der Waals surface area contributed by atoms with Gasteiger partial charge in [-0.2, -0.15) is 0 Å². The molecular formula is C14H22BrN3O. The zero-order valence-corrected chi connectivity index (χ0v) is 12.8. The Morgan fingerprint density at radius 2 is 2.00 bits per heavy atom. The van der Waals surface area contributed by atoms with E-state index < -0.39 is 0 Å². The number of hydrogen-bond acceptors (Lipinski definition) is 4. The van der Waals surface area contributed by atoms with Gasteiger partial charge in [-0.1, -0.05) is 15.9 Å². The molecule has 0 bridgehead atoms. The first kappa shape index (κ1) is 14.8. The number of anilines is 1. The fourth-order valence-corrected chi connectivity index (χ4v) is 3.06. The van der Waals surface area contributed by atoms with E-state index in [1.807, 2.05) is 0 Å². The summed E-state index contributed by atoms with van der Waals surface area (Å²) in [6, 6.07) is 6.40. The molecule has 0 aromatic heterocycles. The predicted molar refractivity (Wildman–Crippen MR) is 82.4 cm³/mol. The van der Waals surface area contributed by atoms with Crippen molar-refractivity contribution in [3.8, 4) is 0 Å². The zero-order chi connectivity index (χ0) is 13.7. The first-order valence-corrected chi connectivity index (χ1v) is 7.60. The molecule has 1 fully saturated rings. The first-order chi connectivity index (χ1) is 9.22. The standard InChI is InChI=1S/C14H22BrN3O/c15-13-8-12(11-16)9-14(10-13)18-3-1-2-17(4-5-18)6-7-19/h8-10,19H,1-7,11,16H2. The predicted octanol–water partition coefficient (Wildman–Crippen LogP) is 1.41. The van der Waals surface area contributed by atoms with E-state index >= 15 is 0 Å². The van der Waals surface area contributed by atoms with E-state index in [1.165, 1.54) is 5.69 Å². The number of aliphatic hydroxyl groups is 1. The van der Waals surface area contributed by atoms with Gasteiger partial charge in [0.25, 0.3) is 0 Å². The SMILES string of the molecule is NCc1cc(Br)cc(N2CCCN(CCO)CC2)c1. The first-order valence-electron chi connectivity index (χ1n) is 6.80. The highest BCUT2D eigenvalue weighted by Crippen LogP contribution is 2.24. The van der Waals surface area contributed by atoms with Crippen LogP contribution in [-0.2, 0) is 6.54 Å². The summed E-state index contributed by atoms with van der Waals surface area (Å²) in [5.41, 5.74) is 8.12. The second-order valence-electron chi connectivity index (χ2n) is 4.93. The maximum absolute atomic E-state index is 9.02. The summed E-state index contributed by atoms with van der Waals surface area (Å²) in [5, 5.41) is 9.02. The average Bonchev–Trinajstić information content (AvgIpc) is 2.64. The topological polar surface area (TPSA) is 52.7 Å². The third kappa shape index (κ3) is 4.18. The molecule has 1 saturated heterocycles. The van der Waals surface area contributed by atoms with Crippen LogP contribution in [0.2, 0.25) is 0 Å². The van der Waals surface area contributed by atoms with Crippen molar-refractivity contribution in [1.29, 1.82) is 0 Å². The zero-order valence-electron chi connectivity index (χ0n) is 11.2. The highest BCUT2D eigenvalue weighted by Gasteiger charge is 2.15. The normalized spacial score (nSPS) is 17.5. The van der Waals surface area contributed by atoms with Gasteiger partial charge in [-0.3, -0.25) is 4.90 Å². The minimum Gasteiger partial charge on any atom is -0.395 e. The molecule has 0 spiro atoms. The molecule has 3 N–H and O–H groups in total. The molecule has 2 rings (SSSR count). The lowest BCUT2D eigenvalue weighted by atomic mass is 10.2. The number of benzene rings is 1. The Kier molecular flexibility index (Phi) is 5.63. The van der Waals surface area contributed by atoms with E-state index in [4.69, 9.17) is 10.8 Å². The van der Waals surface area contributed by atoms with Gasteiger partial charge in [0, 0.05) is 42.9 Å². The second-order valence-corrected chi connectivity index (χ2v) is 5.84. The van der Waals surface area contributed by atoms with Gasteiger partial charge in [-0.05, 0) is 36.7 Å². The molecule has 0 amide bonds. The lowest BCUT2D eigenvalue weighted by Gasteiger charge is -2.24. The van der Waals surface area contributed by atoms with E-state index in [0.717, 1.165) is 49.2 Å². The largest absolute Gasteiger partial charge is 0.395 e. The summed E-state index contributed by atoms with van der Waals surface area (Å²) in [6.45, 7) is 5.72.